The third-order valence-corrected chi connectivity index (χ3v) is 3.89. The molecule has 0 bridgehead atoms. The molecule has 0 aliphatic carbocycles. The van der Waals surface area contributed by atoms with Gasteiger partial charge in [0, 0.05) is 44.0 Å². The van der Waals surface area contributed by atoms with E-state index in [-0.39, 0.29) is 5.54 Å². The molecule has 18 heavy (non-hydrogen) atoms. The highest BCUT2D eigenvalue weighted by atomic mass is 15.3. The van der Waals surface area contributed by atoms with E-state index < -0.39 is 0 Å². The van der Waals surface area contributed by atoms with E-state index in [1.54, 1.807) is 0 Å². The molecule has 2 rings (SSSR count). The van der Waals surface area contributed by atoms with Gasteiger partial charge in [-0.2, -0.15) is 0 Å². The maximum atomic E-state index is 6.24. The smallest absolute Gasteiger partial charge is 0.0367 e. The second-order valence-electron chi connectivity index (χ2n) is 5.61. The van der Waals surface area contributed by atoms with Gasteiger partial charge in [-0.05, 0) is 25.5 Å². The highest BCUT2D eigenvalue weighted by molar-refractivity contribution is 5.46. The van der Waals surface area contributed by atoms with E-state index in [1.165, 1.54) is 5.69 Å². The van der Waals surface area contributed by atoms with Gasteiger partial charge in [0.2, 0.25) is 0 Å². The number of anilines is 1. The van der Waals surface area contributed by atoms with Crippen LogP contribution in [0, 0.1) is 0 Å². The second kappa shape index (κ2) is 5.72. The monoisotopic (exact) mass is 247 g/mol. The average molecular weight is 247 g/mol. The van der Waals surface area contributed by atoms with E-state index in [9.17, 15) is 0 Å². The highest BCUT2D eigenvalue weighted by Gasteiger charge is 2.23. The van der Waals surface area contributed by atoms with Crippen LogP contribution in [0.5, 0.6) is 0 Å². The van der Waals surface area contributed by atoms with Gasteiger partial charge in [-0.15, -0.1) is 0 Å². The predicted molar refractivity (Wildman–Crippen MR) is 78.0 cm³/mol. The van der Waals surface area contributed by atoms with Gasteiger partial charge >= 0.3 is 0 Å². The zero-order valence-electron chi connectivity index (χ0n) is 11.6. The molecule has 2 N–H and O–H groups in total. The van der Waals surface area contributed by atoms with Gasteiger partial charge in [0.1, 0.15) is 0 Å². The SMILES string of the molecule is CCC(C)(N)CN1CCN(c2ccccc2)CC1. The minimum atomic E-state index is -0.0467. The van der Waals surface area contributed by atoms with Crippen LogP contribution in [0.3, 0.4) is 0 Å². The fraction of sp³-hybridized carbons (Fsp3) is 0.600. The van der Waals surface area contributed by atoms with Crippen LogP contribution in [0.1, 0.15) is 20.3 Å². The Labute approximate surface area is 111 Å². The Morgan fingerprint density at radius 3 is 2.28 bits per heavy atom. The number of nitrogens with two attached hydrogens (primary N) is 1. The van der Waals surface area contributed by atoms with Gasteiger partial charge in [-0.3, -0.25) is 4.90 Å². The number of hydrogen-bond acceptors (Lipinski definition) is 3. The molecule has 1 aliphatic heterocycles. The van der Waals surface area contributed by atoms with E-state index >= 15 is 0 Å². The number of nitrogens with zero attached hydrogens (tertiary/aromatic N) is 2. The van der Waals surface area contributed by atoms with Crippen molar-refractivity contribution in [1.29, 1.82) is 0 Å². The number of rotatable bonds is 4. The van der Waals surface area contributed by atoms with Gasteiger partial charge in [-0.25, -0.2) is 0 Å². The molecule has 1 aromatic carbocycles. The van der Waals surface area contributed by atoms with Gasteiger partial charge in [-0.1, -0.05) is 25.1 Å². The molecule has 100 valence electrons. The van der Waals surface area contributed by atoms with Crippen molar-refractivity contribution in [3.63, 3.8) is 0 Å². The number of benzene rings is 1. The number of hydrogen-bond donors (Lipinski definition) is 1. The van der Waals surface area contributed by atoms with Crippen molar-refractivity contribution in [1.82, 2.24) is 4.90 Å². The summed E-state index contributed by atoms with van der Waals surface area (Å²) < 4.78 is 0. The molecule has 1 saturated heterocycles. The third kappa shape index (κ3) is 3.47. The van der Waals surface area contributed by atoms with Crippen LogP contribution in [0.15, 0.2) is 30.3 Å². The molecule has 3 nitrogen and oxygen atoms in total. The molecular formula is C15H25N3. The van der Waals surface area contributed by atoms with Crippen LogP contribution < -0.4 is 10.6 Å². The Bertz CT molecular complexity index is 353. The van der Waals surface area contributed by atoms with Gasteiger partial charge < -0.3 is 10.6 Å². The lowest BCUT2D eigenvalue weighted by Gasteiger charge is -2.39. The Morgan fingerprint density at radius 2 is 1.72 bits per heavy atom. The molecular weight excluding hydrogens is 222 g/mol. The van der Waals surface area contributed by atoms with Crippen molar-refractivity contribution in [2.45, 2.75) is 25.8 Å². The van der Waals surface area contributed by atoms with Crippen LogP contribution in [-0.4, -0.2) is 43.2 Å². The molecule has 0 amide bonds. The molecule has 1 unspecified atom stereocenters. The average Bonchev–Trinajstić information content (AvgIpc) is 2.40. The van der Waals surface area contributed by atoms with Crippen molar-refractivity contribution in [2.24, 2.45) is 5.73 Å². The zero-order chi connectivity index (χ0) is 13.0. The lowest BCUT2D eigenvalue weighted by atomic mass is 9.99. The van der Waals surface area contributed by atoms with E-state index in [2.05, 4.69) is 54.0 Å². The topological polar surface area (TPSA) is 32.5 Å². The standard InChI is InChI=1S/C15H25N3/c1-3-15(2,16)13-17-9-11-18(12-10-17)14-7-5-4-6-8-14/h4-8H,3,9-13,16H2,1-2H3. The van der Waals surface area contributed by atoms with Crippen molar-refractivity contribution in [3.05, 3.63) is 30.3 Å². The van der Waals surface area contributed by atoms with E-state index in [1.807, 2.05) is 0 Å². The molecule has 0 saturated carbocycles. The molecule has 1 aliphatic rings. The Hall–Kier alpha value is -1.06. The van der Waals surface area contributed by atoms with Crippen LogP contribution in [0.25, 0.3) is 0 Å². The molecule has 3 heteroatoms. The summed E-state index contributed by atoms with van der Waals surface area (Å²) in [6.45, 7) is 9.75. The Morgan fingerprint density at radius 1 is 1.11 bits per heavy atom. The maximum Gasteiger partial charge on any atom is 0.0367 e. The summed E-state index contributed by atoms with van der Waals surface area (Å²) in [6.07, 6.45) is 1.03. The lowest BCUT2D eigenvalue weighted by Crippen LogP contribution is -2.54. The molecule has 1 atom stereocenters. The predicted octanol–water partition coefficient (Wildman–Crippen LogP) is 1.94. The first kappa shape index (κ1) is 13.4. The van der Waals surface area contributed by atoms with Crippen molar-refractivity contribution in [2.75, 3.05) is 37.6 Å². The summed E-state index contributed by atoms with van der Waals surface area (Å²) in [5, 5.41) is 0. The molecule has 0 radical (unpaired) electrons. The van der Waals surface area contributed by atoms with Crippen LogP contribution >= 0.6 is 0 Å². The first-order valence-corrected chi connectivity index (χ1v) is 6.92. The van der Waals surface area contributed by atoms with Crippen molar-refractivity contribution < 1.29 is 0 Å². The van der Waals surface area contributed by atoms with E-state index in [0.29, 0.717) is 0 Å². The minimum absolute atomic E-state index is 0.0467. The lowest BCUT2D eigenvalue weighted by molar-refractivity contribution is 0.203. The summed E-state index contributed by atoms with van der Waals surface area (Å²) in [5.41, 5.74) is 7.53. The molecule has 1 aromatic rings. The van der Waals surface area contributed by atoms with Gasteiger partial charge in [0.05, 0.1) is 0 Å². The van der Waals surface area contributed by atoms with Crippen molar-refractivity contribution in [3.8, 4) is 0 Å². The summed E-state index contributed by atoms with van der Waals surface area (Å²) in [4.78, 5) is 4.94. The van der Waals surface area contributed by atoms with Crippen LogP contribution in [0.2, 0.25) is 0 Å². The summed E-state index contributed by atoms with van der Waals surface area (Å²) in [6, 6.07) is 10.7. The molecule has 0 spiro atoms. The quantitative estimate of drug-likeness (QED) is 0.882. The Kier molecular flexibility index (Phi) is 4.25. The summed E-state index contributed by atoms with van der Waals surface area (Å²) in [5.74, 6) is 0. The maximum absolute atomic E-state index is 6.24. The second-order valence-corrected chi connectivity index (χ2v) is 5.61. The third-order valence-electron chi connectivity index (χ3n) is 3.89. The van der Waals surface area contributed by atoms with E-state index in [4.69, 9.17) is 5.73 Å². The normalized spacial score (nSPS) is 20.7. The first-order valence-electron chi connectivity index (χ1n) is 6.92. The fourth-order valence-corrected chi connectivity index (χ4v) is 2.43. The fourth-order valence-electron chi connectivity index (χ4n) is 2.43. The molecule has 0 aromatic heterocycles. The molecule has 1 fully saturated rings. The number of piperazine rings is 1. The highest BCUT2D eigenvalue weighted by Crippen LogP contribution is 2.17. The summed E-state index contributed by atoms with van der Waals surface area (Å²) >= 11 is 0. The number of para-hydroxylation sites is 1. The summed E-state index contributed by atoms with van der Waals surface area (Å²) in [7, 11) is 0. The van der Waals surface area contributed by atoms with E-state index in [0.717, 1.165) is 39.1 Å². The largest absolute Gasteiger partial charge is 0.369 e. The van der Waals surface area contributed by atoms with Crippen LogP contribution in [0.4, 0.5) is 5.69 Å². The first-order chi connectivity index (χ1) is 8.61. The minimum Gasteiger partial charge on any atom is -0.369 e. The Balaban J connectivity index is 1.85. The van der Waals surface area contributed by atoms with Gasteiger partial charge in [0.25, 0.3) is 0 Å². The zero-order valence-corrected chi connectivity index (χ0v) is 11.6. The van der Waals surface area contributed by atoms with Crippen molar-refractivity contribution >= 4 is 5.69 Å². The molecule has 1 heterocycles. The van der Waals surface area contributed by atoms with Gasteiger partial charge in [0.15, 0.2) is 0 Å². The van der Waals surface area contributed by atoms with Crippen LogP contribution in [-0.2, 0) is 0 Å².